The van der Waals surface area contributed by atoms with Crippen molar-refractivity contribution in [2.24, 2.45) is 0 Å². The Balaban J connectivity index is 2.77. The zero-order valence-electron chi connectivity index (χ0n) is 10.1. The summed E-state index contributed by atoms with van der Waals surface area (Å²) in [5.74, 6) is -2.99. The fourth-order valence-electron chi connectivity index (χ4n) is 1.59. The van der Waals surface area contributed by atoms with Crippen molar-refractivity contribution in [3.05, 3.63) is 35.6 Å². The fourth-order valence-corrected chi connectivity index (χ4v) is 1.59. The van der Waals surface area contributed by atoms with Crippen LogP contribution in [0.25, 0.3) is 0 Å². The molecule has 0 bridgehead atoms. The predicted molar refractivity (Wildman–Crippen MR) is 64.7 cm³/mol. The average molecular weight is 253 g/mol. The molecule has 0 aliphatic heterocycles. The lowest BCUT2D eigenvalue weighted by Gasteiger charge is -2.12. The molecule has 0 spiro atoms. The van der Waals surface area contributed by atoms with E-state index in [4.69, 9.17) is 5.11 Å². The Morgan fingerprint density at radius 3 is 2.72 bits per heavy atom. The van der Waals surface area contributed by atoms with Gasteiger partial charge in [0.2, 0.25) is 5.91 Å². The number of hydrogen-bond donors (Lipinski definition) is 2. The van der Waals surface area contributed by atoms with Crippen molar-refractivity contribution in [3.8, 4) is 0 Å². The van der Waals surface area contributed by atoms with Crippen molar-refractivity contribution in [1.82, 2.24) is 5.32 Å². The Morgan fingerprint density at radius 1 is 1.44 bits per heavy atom. The third-order valence-electron chi connectivity index (χ3n) is 2.51. The first-order chi connectivity index (χ1) is 8.54. The molecule has 5 heteroatoms. The van der Waals surface area contributed by atoms with Crippen LogP contribution in [0.3, 0.4) is 0 Å². The fraction of sp³-hybridized carbons (Fsp3) is 0.385. The number of rotatable bonds is 6. The average Bonchev–Trinajstić information content (AvgIpc) is 2.33. The number of aliphatic carboxylic acids is 1. The number of hydrogen-bond acceptors (Lipinski definition) is 2. The zero-order chi connectivity index (χ0) is 13.5. The quantitative estimate of drug-likeness (QED) is 0.813. The maximum atomic E-state index is 13.0. The summed E-state index contributed by atoms with van der Waals surface area (Å²) in [4.78, 5) is 22.6. The van der Waals surface area contributed by atoms with Crippen molar-refractivity contribution in [1.29, 1.82) is 0 Å². The molecule has 1 amide bonds. The second kappa shape index (κ2) is 6.74. The number of benzene rings is 1. The van der Waals surface area contributed by atoms with Gasteiger partial charge in [0.05, 0.1) is 5.92 Å². The van der Waals surface area contributed by atoms with Crippen molar-refractivity contribution in [2.75, 3.05) is 6.54 Å². The molecule has 0 aliphatic rings. The van der Waals surface area contributed by atoms with Crippen molar-refractivity contribution < 1.29 is 19.1 Å². The SMILES string of the molecule is CCCNC(=O)CC(C(=O)O)c1cccc(F)c1. The van der Waals surface area contributed by atoms with E-state index in [1.165, 1.54) is 18.2 Å². The summed E-state index contributed by atoms with van der Waals surface area (Å²) in [5, 5.41) is 11.7. The van der Waals surface area contributed by atoms with Crippen LogP contribution in [0.1, 0.15) is 31.2 Å². The van der Waals surface area contributed by atoms with Crippen LogP contribution in [0.5, 0.6) is 0 Å². The van der Waals surface area contributed by atoms with Crippen molar-refractivity contribution in [3.63, 3.8) is 0 Å². The molecule has 1 aromatic carbocycles. The first kappa shape index (κ1) is 14.2. The minimum atomic E-state index is -1.13. The van der Waals surface area contributed by atoms with E-state index >= 15 is 0 Å². The van der Waals surface area contributed by atoms with Gasteiger partial charge in [-0.25, -0.2) is 4.39 Å². The van der Waals surface area contributed by atoms with Gasteiger partial charge < -0.3 is 10.4 Å². The molecule has 0 fully saturated rings. The number of carboxylic acid groups (broad SMARTS) is 1. The van der Waals surface area contributed by atoms with Crippen LogP contribution in [0.15, 0.2) is 24.3 Å². The van der Waals surface area contributed by atoms with Crippen LogP contribution in [0.4, 0.5) is 4.39 Å². The Morgan fingerprint density at radius 2 is 2.17 bits per heavy atom. The van der Waals surface area contributed by atoms with Gasteiger partial charge in [-0.1, -0.05) is 19.1 Å². The minimum absolute atomic E-state index is 0.182. The number of halogens is 1. The van der Waals surface area contributed by atoms with Crippen molar-refractivity contribution >= 4 is 11.9 Å². The van der Waals surface area contributed by atoms with E-state index in [1.807, 2.05) is 6.92 Å². The maximum absolute atomic E-state index is 13.0. The highest BCUT2D eigenvalue weighted by Crippen LogP contribution is 2.20. The van der Waals surface area contributed by atoms with Gasteiger partial charge in [0, 0.05) is 13.0 Å². The molecule has 1 unspecified atom stereocenters. The van der Waals surface area contributed by atoms with Crippen LogP contribution in [-0.2, 0) is 9.59 Å². The van der Waals surface area contributed by atoms with Gasteiger partial charge in [-0.2, -0.15) is 0 Å². The Bertz CT molecular complexity index is 434. The number of carboxylic acids is 1. The molecular formula is C13H16FNO3. The summed E-state index contributed by atoms with van der Waals surface area (Å²) < 4.78 is 13.0. The number of carbonyl (C=O) groups excluding carboxylic acids is 1. The van der Waals surface area contributed by atoms with Crippen LogP contribution < -0.4 is 5.32 Å². The molecule has 1 atom stereocenters. The molecule has 1 rings (SSSR count). The summed E-state index contributed by atoms with van der Waals surface area (Å²) in [7, 11) is 0. The second-order valence-electron chi connectivity index (χ2n) is 4.00. The first-order valence-corrected chi connectivity index (χ1v) is 5.79. The molecule has 0 aromatic heterocycles. The molecule has 1 aromatic rings. The first-order valence-electron chi connectivity index (χ1n) is 5.79. The summed E-state index contributed by atoms with van der Waals surface area (Å²) in [6.45, 7) is 2.41. The number of carbonyl (C=O) groups is 2. The molecule has 0 radical (unpaired) electrons. The van der Waals surface area contributed by atoms with E-state index in [-0.39, 0.29) is 12.3 Å². The lowest BCUT2D eigenvalue weighted by atomic mass is 9.95. The monoisotopic (exact) mass is 253 g/mol. The highest BCUT2D eigenvalue weighted by molar-refractivity contribution is 5.85. The number of nitrogens with one attached hydrogen (secondary N) is 1. The van der Waals surface area contributed by atoms with Gasteiger partial charge in [0.15, 0.2) is 0 Å². The van der Waals surface area contributed by atoms with Crippen LogP contribution >= 0.6 is 0 Å². The van der Waals surface area contributed by atoms with E-state index in [9.17, 15) is 14.0 Å². The molecule has 0 saturated carbocycles. The summed E-state index contributed by atoms with van der Waals surface area (Å²) >= 11 is 0. The predicted octanol–water partition coefficient (Wildman–Crippen LogP) is 1.91. The minimum Gasteiger partial charge on any atom is -0.481 e. The Labute approximate surface area is 105 Å². The van der Waals surface area contributed by atoms with Gasteiger partial charge in [0.25, 0.3) is 0 Å². The molecule has 4 nitrogen and oxygen atoms in total. The van der Waals surface area contributed by atoms with Gasteiger partial charge >= 0.3 is 5.97 Å². The topological polar surface area (TPSA) is 66.4 Å². The molecule has 98 valence electrons. The van der Waals surface area contributed by atoms with E-state index in [2.05, 4.69) is 5.32 Å². The van der Waals surface area contributed by atoms with Gasteiger partial charge in [-0.15, -0.1) is 0 Å². The maximum Gasteiger partial charge on any atom is 0.311 e. The molecular weight excluding hydrogens is 237 g/mol. The van der Waals surface area contributed by atoms with E-state index in [0.29, 0.717) is 12.1 Å². The molecule has 2 N–H and O–H groups in total. The Kier molecular flexibility index (Phi) is 5.30. The third kappa shape index (κ3) is 4.16. The largest absolute Gasteiger partial charge is 0.481 e. The van der Waals surface area contributed by atoms with Gasteiger partial charge in [0.1, 0.15) is 5.82 Å². The summed E-state index contributed by atoms with van der Waals surface area (Å²) in [6, 6.07) is 5.32. The van der Waals surface area contributed by atoms with E-state index in [0.717, 1.165) is 12.5 Å². The van der Waals surface area contributed by atoms with Crippen molar-refractivity contribution in [2.45, 2.75) is 25.7 Å². The number of amides is 1. The van der Waals surface area contributed by atoms with Crippen LogP contribution in [0.2, 0.25) is 0 Å². The molecule has 0 saturated heterocycles. The zero-order valence-corrected chi connectivity index (χ0v) is 10.1. The smallest absolute Gasteiger partial charge is 0.311 e. The molecule has 0 aliphatic carbocycles. The standard InChI is InChI=1S/C13H16FNO3/c1-2-6-15-12(16)8-11(13(17)18)9-4-3-5-10(14)7-9/h3-5,7,11H,2,6,8H2,1H3,(H,15,16)(H,17,18). The van der Waals surface area contributed by atoms with Gasteiger partial charge in [-0.05, 0) is 24.1 Å². The highest BCUT2D eigenvalue weighted by Gasteiger charge is 2.23. The highest BCUT2D eigenvalue weighted by atomic mass is 19.1. The second-order valence-corrected chi connectivity index (χ2v) is 4.00. The third-order valence-corrected chi connectivity index (χ3v) is 2.51. The van der Waals surface area contributed by atoms with Crippen LogP contribution in [-0.4, -0.2) is 23.5 Å². The van der Waals surface area contributed by atoms with E-state index in [1.54, 1.807) is 0 Å². The lowest BCUT2D eigenvalue weighted by Crippen LogP contribution is -2.28. The van der Waals surface area contributed by atoms with Gasteiger partial charge in [-0.3, -0.25) is 9.59 Å². The summed E-state index contributed by atoms with van der Waals surface area (Å²) in [6.07, 6.45) is 0.599. The van der Waals surface area contributed by atoms with Crippen LogP contribution in [0, 0.1) is 5.82 Å². The lowest BCUT2D eigenvalue weighted by molar-refractivity contribution is -0.140. The summed E-state index contributed by atoms with van der Waals surface area (Å²) in [5.41, 5.74) is 0.300. The Hall–Kier alpha value is -1.91. The molecule has 0 heterocycles. The molecule has 18 heavy (non-hydrogen) atoms. The van der Waals surface area contributed by atoms with E-state index < -0.39 is 17.7 Å². The normalized spacial score (nSPS) is 11.9.